The molecule has 1 unspecified atom stereocenters. The third kappa shape index (κ3) is 13.4. The summed E-state index contributed by atoms with van der Waals surface area (Å²) in [4.78, 5) is 36.3. The molecule has 0 bridgehead atoms. The highest BCUT2D eigenvalue weighted by molar-refractivity contribution is 5.87. The van der Waals surface area contributed by atoms with Crippen molar-refractivity contribution in [2.45, 2.75) is 93.2 Å². The zero-order chi connectivity index (χ0) is 22.5. The van der Waals surface area contributed by atoms with Crippen LogP contribution in [0.1, 0.15) is 81.6 Å². The molecular formula is C21H42N2O5. The number of hydrogen-bond acceptors (Lipinski definition) is 4. The summed E-state index contributed by atoms with van der Waals surface area (Å²) in [7, 11) is 0. The third-order valence-electron chi connectivity index (χ3n) is 3.47. The van der Waals surface area contributed by atoms with Crippen LogP contribution in [0.15, 0.2) is 0 Å². The molecule has 1 aliphatic rings. The van der Waals surface area contributed by atoms with E-state index in [2.05, 4.69) is 26.1 Å². The van der Waals surface area contributed by atoms with E-state index in [1.54, 1.807) is 20.8 Å². The van der Waals surface area contributed by atoms with Crippen LogP contribution >= 0.6 is 0 Å². The fourth-order valence-electron chi connectivity index (χ4n) is 2.61. The van der Waals surface area contributed by atoms with E-state index in [1.165, 1.54) is 4.90 Å². The SMILES string of the molecule is CC.CC(C)C.CCC[C@@H]1CC(C(=O)O)N(C(=O)CNC(=O)OC(C)(C)C)C1. The smallest absolute Gasteiger partial charge is 0.408 e. The molecule has 166 valence electrons. The van der Waals surface area contributed by atoms with Crippen LogP contribution < -0.4 is 5.32 Å². The van der Waals surface area contributed by atoms with Gasteiger partial charge in [-0.05, 0) is 45.4 Å². The Labute approximate surface area is 171 Å². The average molecular weight is 403 g/mol. The number of nitrogens with one attached hydrogen (secondary N) is 1. The van der Waals surface area contributed by atoms with E-state index >= 15 is 0 Å². The van der Waals surface area contributed by atoms with Crippen molar-refractivity contribution in [3.63, 3.8) is 0 Å². The lowest BCUT2D eigenvalue weighted by molar-refractivity contribution is -0.147. The van der Waals surface area contributed by atoms with Crippen LogP contribution in [0.3, 0.4) is 0 Å². The topological polar surface area (TPSA) is 95.9 Å². The molecule has 0 aromatic carbocycles. The third-order valence-corrected chi connectivity index (χ3v) is 3.47. The molecule has 0 aliphatic carbocycles. The number of likely N-dealkylation sites (tertiary alicyclic amines) is 1. The molecule has 1 saturated heterocycles. The summed E-state index contributed by atoms with van der Waals surface area (Å²) in [6.07, 6.45) is 1.64. The molecule has 2 amide bonds. The van der Waals surface area contributed by atoms with Crippen LogP contribution in [-0.4, -0.2) is 52.7 Å². The van der Waals surface area contributed by atoms with Crippen LogP contribution in [0.5, 0.6) is 0 Å². The normalized spacial score (nSPS) is 18.4. The quantitative estimate of drug-likeness (QED) is 0.715. The van der Waals surface area contributed by atoms with Gasteiger partial charge < -0.3 is 20.1 Å². The Morgan fingerprint density at radius 3 is 2.07 bits per heavy atom. The summed E-state index contributed by atoms with van der Waals surface area (Å²) >= 11 is 0. The van der Waals surface area contributed by atoms with Gasteiger partial charge >= 0.3 is 12.1 Å². The van der Waals surface area contributed by atoms with Crippen molar-refractivity contribution in [3.8, 4) is 0 Å². The van der Waals surface area contributed by atoms with Crippen molar-refractivity contribution < 1.29 is 24.2 Å². The molecule has 7 heteroatoms. The van der Waals surface area contributed by atoms with Crippen LogP contribution in [0, 0.1) is 11.8 Å². The molecule has 2 N–H and O–H groups in total. The Balaban J connectivity index is 0. The molecule has 0 radical (unpaired) electrons. The lowest BCUT2D eigenvalue weighted by Crippen LogP contribution is -2.46. The van der Waals surface area contributed by atoms with Crippen molar-refractivity contribution in [3.05, 3.63) is 0 Å². The Kier molecular flexibility index (Phi) is 14.5. The Hall–Kier alpha value is -1.79. The number of rotatable bonds is 5. The Bertz CT molecular complexity index is 469. The van der Waals surface area contributed by atoms with E-state index in [0.29, 0.717) is 13.0 Å². The number of carboxylic acid groups (broad SMARTS) is 1. The molecule has 1 aliphatic heterocycles. The van der Waals surface area contributed by atoms with E-state index in [1.807, 2.05) is 20.8 Å². The zero-order valence-electron chi connectivity index (χ0n) is 19.3. The molecule has 0 spiro atoms. The molecule has 0 saturated carbocycles. The van der Waals surface area contributed by atoms with Crippen LogP contribution in [0.25, 0.3) is 0 Å². The van der Waals surface area contributed by atoms with Gasteiger partial charge in [0.25, 0.3) is 0 Å². The monoisotopic (exact) mass is 402 g/mol. The van der Waals surface area contributed by atoms with E-state index in [-0.39, 0.29) is 12.5 Å². The molecule has 7 nitrogen and oxygen atoms in total. The van der Waals surface area contributed by atoms with E-state index in [4.69, 9.17) is 4.74 Å². The summed E-state index contributed by atoms with van der Waals surface area (Å²) in [5, 5.41) is 11.6. The molecule has 28 heavy (non-hydrogen) atoms. The first-order valence-electron chi connectivity index (χ1n) is 10.4. The first kappa shape index (κ1) is 28.4. The minimum absolute atomic E-state index is 0.205. The van der Waals surface area contributed by atoms with Gasteiger partial charge in [0.2, 0.25) is 5.91 Å². The Morgan fingerprint density at radius 2 is 1.68 bits per heavy atom. The highest BCUT2D eigenvalue weighted by Gasteiger charge is 2.39. The van der Waals surface area contributed by atoms with E-state index in [0.717, 1.165) is 18.8 Å². The second-order valence-corrected chi connectivity index (χ2v) is 8.38. The van der Waals surface area contributed by atoms with Gasteiger partial charge in [-0.1, -0.05) is 48.0 Å². The predicted molar refractivity (Wildman–Crippen MR) is 112 cm³/mol. The number of carboxylic acids is 1. The number of alkyl carbamates (subject to hydrolysis) is 1. The van der Waals surface area contributed by atoms with E-state index in [9.17, 15) is 19.5 Å². The van der Waals surface area contributed by atoms with Crippen molar-refractivity contribution in [2.75, 3.05) is 13.1 Å². The number of nitrogens with zero attached hydrogens (tertiary/aromatic N) is 1. The summed E-state index contributed by atoms with van der Waals surface area (Å²) < 4.78 is 5.05. The predicted octanol–water partition coefficient (Wildman–Crippen LogP) is 4.30. The molecule has 2 atom stereocenters. The number of hydrogen-bond donors (Lipinski definition) is 2. The maximum Gasteiger partial charge on any atom is 0.408 e. The molecule has 0 aromatic heterocycles. The number of aliphatic carboxylic acids is 1. The first-order chi connectivity index (χ1) is 12.9. The molecule has 1 rings (SSSR count). The summed E-state index contributed by atoms with van der Waals surface area (Å²) in [6, 6.07) is -0.801. The van der Waals surface area contributed by atoms with Gasteiger partial charge in [-0.15, -0.1) is 0 Å². The molecule has 1 fully saturated rings. The largest absolute Gasteiger partial charge is 0.480 e. The van der Waals surface area contributed by atoms with Crippen molar-refractivity contribution in [1.82, 2.24) is 10.2 Å². The summed E-state index contributed by atoms with van der Waals surface area (Å²) in [5.41, 5.74) is -0.642. The fourth-order valence-corrected chi connectivity index (χ4v) is 2.61. The van der Waals surface area contributed by atoms with Crippen molar-refractivity contribution in [2.24, 2.45) is 11.8 Å². The zero-order valence-corrected chi connectivity index (χ0v) is 19.3. The number of carbonyl (C=O) groups excluding carboxylic acids is 2. The minimum Gasteiger partial charge on any atom is -0.480 e. The van der Waals surface area contributed by atoms with Crippen LogP contribution in [-0.2, 0) is 14.3 Å². The van der Waals surface area contributed by atoms with Gasteiger partial charge in [-0.25, -0.2) is 9.59 Å². The van der Waals surface area contributed by atoms with Gasteiger partial charge in [0, 0.05) is 6.54 Å². The standard InChI is InChI=1S/C15H26N2O5.C4H10.C2H6/c1-5-6-10-7-11(13(19)20)17(9-10)12(18)8-16-14(21)22-15(2,3)4;1-4(2)3;1-2/h10-11H,5-9H2,1-4H3,(H,16,21)(H,19,20);4H,1-3H3;1-2H3/t10-,11?;;/m1../s1. The first-order valence-corrected chi connectivity index (χ1v) is 10.4. The molecular weight excluding hydrogens is 360 g/mol. The van der Waals surface area contributed by atoms with Crippen LogP contribution in [0.2, 0.25) is 0 Å². The van der Waals surface area contributed by atoms with Crippen molar-refractivity contribution in [1.29, 1.82) is 0 Å². The molecule has 1 heterocycles. The fraction of sp³-hybridized carbons (Fsp3) is 0.857. The van der Waals surface area contributed by atoms with Gasteiger partial charge in [0.1, 0.15) is 18.2 Å². The van der Waals surface area contributed by atoms with Crippen LogP contribution in [0.4, 0.5) is 4.79 Å². The van der Waals surface area contributed by atoms with Gasteiger partial charge in [-0.2, -0.15) is 0 Å². The Morgan fingerprint density at radius 1 is 1.18 bits per heavy atom. The number of ether oxygens (including phenoxy) is 1. The lowest BCUT2D eigenvalue weighted by atomic mass is 10.0. The summed E-state index contributed by atoms with van der Waals surface area (Å²) in [5.74, 6) is -0.349. The number of amides is 2. The highest BCUT2D eigenvalue weighted by atomic mass is 16.6. The second-order valence-electron chi connectivity index (χ2n) is 8.38. The van der Waals surface area contributed by atoms with Crippen molar-refractivity contribution >= 4 is 18.0 Å². The van der Waals surface area contributed by atoms with E-state index < -0.39 is 29.6 Å². The number of carbonyl (C=O) groups is 3. The maximum absolute atomic E-state index is 12.2. The average Bonchev–Trinajstić information content (AvgIpc) is 2.97. The summed E-state index contributed by atoms with van der Waals surface area (Å²) in [6.45, 7) is 17.9. The second kappa shape index (κ2) is 14.2. The van der Waals surface area contributed by atoms with Gasteiger partial charge in [0.05, 0.1) is 0 Å². The highest BCUT2D eigenvalue weighted by Crippen LogP contribution is 2.27. The van der Waals surface area contributed by atoms with Gasteiger partial charge in [-0.3, -0.25) is 4.79 Å². The lowest BCUT2D eigenvalue weighted by Gasteiger charge is -2.23. The molecule has 0 aromatic rings. The minimum atomic E-state index is -0.996. The maximum atomic E-state index is 12.2. The van der Waals surface area contributed by atoms with Gasteiger partial charge in [0.15, 0.2) is 0 Å².